The van der Waals surface area contributed by atoms with E-state index in [-0.39, 0.29) is 11.3 Å². The first-order valence-electron chi connectivity index (χ1n) is 15.2. The van der Waals surface area contributed by atoms with Crippen molar-refractivity contribution in [1.82, 2.24) is 9.80 Å². The summed E-state index contributed by atoms with van der Waals surface area (Å²) in [6, 6.07) is 21.3. The van der Waals surface area contributed by atoms with E-state index in [4.69, 9.17) is 18.9 Å². The first kappa shape index (κ1) is 31.1. The number of likely N-dealkylation sites (tertiary alicyclic amines) is 1. The van der Waals surface area contributed by atoms with Gasteiger partial charge in [-0.2, -0.15) is 0 Å². The number of hydrogen-bond donors (Lipinski definition) is 1. The number of hydrogen-bond acceptors (Lipinski definition) is 8. The van der Waals surface area contributed by atoms with Crippen LogP contribution in [0.1, 0.15) is 42.5 Å². The maximum Gasteiger partial charge on any atom is 0.295 e. The number of ketones is 1. The second kappa shape index (κ2) is 14.9. The zero-order chi connectivity index (χ0) is 30.9. The SMILES string of the molecule is CCCCOc1ccc(/C(O)=C2\C(=O)C(=O)N(CCN3CCOCC3)C2c2ccc(OCc3ccccc3)c(OC)c2)cc1. The van der Waals surface area contributed by atoms with Crippen LogP contribution in [-0.4, -0.2) is 79.7 Å². The van der Waals surface area contributed by atoms with E-state index in [1.807, 2.05) is 36.4 Å². The molecule has 3 aromatic rings. The van der Waals surface area contributed by atoms with Gasteiger partial charge in [0, 0.05) is 31.7 Å². The molecule has 2 heterocycles. The van der Waals surface area contributed by atoms with Gasteiger partial charge in [0.15, 0.2) is 11.5 Å². The Labute approximate surface area is 258 Å². The smallest absolute Gasteiger partial charge is 0.295 e. The molecule has 2 aliphatic rings. The maximum atomic E-state index is 13.6. The Hall–Kier alpha value is -4.34. The lowest BCUT2D eigenvalue weighted by atomic mass is 9.95. The van der Waals surface area contributed by atoms with E-state index in [0.717, 1.165) is 31.5 Å². The van der Waals surface area contributed by atoms with Gasteiger partial charge in [-0.05, 0) is 53.9 Å². The van der Waals surface area contributed by atoms with E-state index in [1.54, 1.807) is 48.4 Å². The molecule has 9 heteroatoms. The van der Waals surface area contributed by atoms with Gasteiger partial charge in [-0.1, -0.05) is 49.7 Å². The fourth-order valence-corrected chi connectivity index (χ4v) is 5.44. The fraction of sp³-hybridized carbons (Fsp3) is 0.371. The molecule has 2 aliphatic heterocycles. The second-order valence-corrected chi connectivity index (χ2v) is 10.9. The minimum Gasteiger partial charge on any atom is -0.507 e. The molecule has 0 radical (unpaired) electrons. The lowest BCUT2D eigenvalue weighted by molar-refractivity contribution is -0.140. The van der Waals surface area contributed by atoms with Gasteiger partial charge in [0.05, 0.1) is 38.5 Å². The monoisotopic (exact) mass is 600 g/mol. The molecule has 3 aromatic carbocycles. The number of rotatable bonds is 13. The molecule has 44 heavy (non-hydrogen) atoms. The average Bonchev–Trinajstić information content (AvgIpc) is 3.32. The van der Waals surface area contributed by atoms with Crippen molar-refractivity contribution in [3.63, 3.8) is 0 Å². The molecule has 0 spiro atoms. The highest BCUT2D eigenvalue weighted by Crippen LogP contribution is 2.42. The van der Waals surface area contributed by atoms with Gasteiger partial charge in [0.25, 0.3) is 11.7 Å². The number of ether oxygens (including phenoxy) is 4. The molecule has 1 amide bonds. The summed E-state index contributed by atoms with van der Waals surface area (Å²) >= 11 is 0. The van der Waals surface area contributed by atoms with Gasteiger partial charge >= 0.3 is 0 Å². The molecule has 0 saturated carbocycles. The van der Waals surface area contributed by atoms with Gasteiger partial charge in [-0.3, -0.25) is 14.5 Å². The summed E-state index contributed by atoms with van der Waals surface area (Å²) in [6.07, 6.45) is 1.96. The first-order chi connectivity index (χ1) is 21.5. The minimum atomic E-state index is -0.811. The van der Waals surface area contributed by atoms with E-state index in [2.05, 4.69) is 11.8 Å². The number of nitrogens with zero attached hydrogens (tertiary/aromatic N) is 2. The van der Waals surface area contributed by atoms with Crippen molar-refractivity contribution in [3.8, 4) is 17.2 Å². The van der Waals surface area contributed by atoms with Crippen LogP contribution < -0.4 is 14.2 Å². The van der Waals surface area contributed by atoms with E-state index in [0.29, 0.717) is 67.9 Å². The Morgan fingerprint density at radius 2 is 1.68 bits per heavy atom. The number of morpholine rings is 1. The van der Waals surface area contributed by atoms with Crippen LogP contribution in [-0.2, 0) is 20.9 Å². The third kappa shape index (κ3) is 7.23. The lowest BCUT2D eigenvalue weighted by Gasteiger charge is -2.31. The van der Waals surface area contributed by atoms with Crippen LogP contribution >= 0.6 is 0 Å². The van der Waals surface area contributed by atoms with Crippen LogP contribution in [0.5, 0.6) is 17.2 Å². The molecule has 0 aromatic heterocycles. The number of aliphatic hydroxyl groups is 1. The van der Waals surface area contributed by atoms with E-state index < -0.39 is 17.7 Å². The summed E-state index contributed by atoms with van der Waals surface area (Å²) in [6.45, 7) is 6.69. The third-order valence-corrected chi connectivity index (χ3v) is 7.94. The molecular formula is C35H40N2O7. The topological polar surface area (TPSA) is 97.8 Å². The molecule has 232 valence electrons. The normalized spacial score (nSPS) is 18.4. The van der Waals surface area contributed by atoms with Crippen molar-refractivity contribution in [2.45, 2.75) is 32.4 Å². The highest BCUT2D eigenvalue weighted by Gasteiger charge is 2.46. The molecule has 5 rings (SSSR count). The van der Waals surface area contributed by atoms with Crippen molar-refractivity contribution in [2.75, 3.05) is 53.1 Å². The van der Waals surface area contributed by atoms with Crippen molar-refractivity contribution >= 4 is 17.4 Å². The quantitative estimate of drug-likeness (QED) is 0.124. The molecular weight excluding hydrogens is 560 g/mol. The highest BCUT2D eigenvalue weighted by atomic mass is 16.5. The Bertz CT molecular complexity index is 1450. The largest absolute Gasteiger partial charge is 0.507 e. The Morgan fingerprint density at radius 1 is 0.932 bits per heavy atom. The highest BCUT2D eigenvalue weighted by molar-refractivity contribution is 6.46. The summed E-state index contributed by atoms with van der Waals surface area (Å²) in [5.41, 5.74) is 2.11. The summed E-state index contributed by atoms with van der Waals surface area (Å²) in [5, 5.41) is 11.5. The minimum absolute atomic E-state index is 0.0386. The van der Waals surface area contributed by atoms with Crippen LogP contribution in [0.3, 0.4) is 0 Å². The number of unbranched alkanes of at least 4 members (excludes halogenated alkanes) is 1. The Balaban J connectivity index is 1.47. The van der Waals surface area contributed by atoms with Gasteiger partial charge < -0.3 is 29.0 Å². The molecule has 0 aliphatic carbocycles. The molecule has 1 atom stereocenters. The van der Waals surface area contributed by atoms with Crippen molar-refractivity contribution < 1.29 is 33.6 Å². The van der Waals surface area contributed by atoms with E-state index in [9.17, 15) is 14.7 Å². The van der Waals surface area contributed by atoms with Crippen molar-refractivity contribution in [1.29, 1.82) is 0 Å². The summed E-state index contributed by atoms with van der Waals surface area (Å²) < 4.78 is 23.0. The zero-order valence-electron chi connectivity index (χ0n) is 25.4. The van der Waals surface area contributed by atoms with E-state index >= 15 is 0 Å². The molecule has 2 saturated heterocycles. The number of aliphatic hydroxyl groups excluding tert-OH is 1. The number of amides is 1. The Kier molecular flexibility index (Phi) is 10.5. The third-order valence-electron chi connectivity index (χ3n) is 7.94. The molecule has 1 unspecified atom stereocenters. The van der Waals surface area contributed by atoms with Crippen molar-refractivity contribution in [3.05, 3.63) is 95.1 Å². The number of carbonyl (C=O) groups is 2. The van der Waals surface area contributed by atoms with Gasteiger partial charge in [0.1, 0.15) is 18.1 Å². The van der Waals surface area contributed by atoms with Gasteiger partial charge in [-0.15, -0.1) is 0 Å². The number of methoxy groups -OCH3 is 1. The van der Waals surface area contributed by atoms with Crippen molar-refractivity contribution in [2.24, 2.45) is 0 Å². The molecule has 1 N–H and O–H groups in total. The van der Waals surface area contributed by atoms with Crippen LogP contribution in [0.25, 0.3) is 5.76 Å². The van der Waals surface area contributed by atoms with Gasteiger partial charge in [0.2, 0.25) is 0 Å². The lowest BCUT2D eigenvalue weighted by Crippen LogP contribution is -2.42. The fourth-order valence-electron chi connectivity index (χ4n) is 5.44. The standard InChI is InChI=1S/C35H40N2O7/c1-3-4-20-43-28-13-10-26(11-14-28)33(38)31-32(37(35(40)34(31)39)17-16-36-18-21-42-22-19-36)27-12-15-29(30(23-27)41-2)44-24-25-8-6-5-7-9-25/h5-15,23,32,38H,3-4,16-22,24H2,1-2H3/b33-31+. The maximum absolute atomic E-state index is 13.6. The molecule has 9 nitrogen and oxygen atoms in total. The average molecular weight is 601 g/mol. The van der Waals surface area contributed by atoms with Crippen LogP contribution in [0.2, 0.25) is 0 Å². The number of carbonyl (C=O) groups excluding carboxylic acids is 2. The zero-order valence-corrected chi connectivity index (χ0v) is 25.4. The first-order valence-corrected chi connectivity index (χ1v) is 15.2. The van der Waals surface area contributed by atoms with Crippen LogP contribution in [0, 0.1) is 0 Å². The summed E-state index contributed by atoms with van der Waals surface area (Å²) in [4.78, 5) is 30.8. The Morgan fingerprint density at radius 3 is 2.39 bits per heavy atom. The number of benzene rings is 3. The molecule has 0 bridgehead atoms. The predicted molar refractivity (Wildman–Crippen MR) is 167 cm³/mol. The van der Waals surface area contributed by atoms with Crippen LogP contribution in [0.15, 0.2) is 78.4 Å². The number of Topliss-reactive ketones (excluding diaryl/α,β-unsaturated/α-hetero) is 1. The van der Waals surface area contributed by atoms with Gasteiger partial charge in [-0.25, -0.2) is 0 Å². The predicted octanol–water partition coefficient (Wildman–Crippen LogP) is 5.21. The second-order valence-electron chi connectivity index (χ2n) is 10.9. The summed E-state index contributed by atoms with van der Waals surface area (Å²) in [5.74, 6) is 0.0719. The molecule has 2 fully saturated rings. The van der Waals surface area contributed by atoms with Crippen LogP contribution in [0.4, 0.5) is 0 Å². The summed E-state index contributed by atoms with van der Waals surface area (Å²) in [7, 11) is 1.55. The van der Waals surface area contributed by atoms with E-state index in [1.165, 1.54) is 0 Å².